The first-order valence-electron chi connectivity index (χ1n) is 43.8. The first kappa shape index (κ1) is 101. The quantitative estimate of drug-likeness (QED) is 0.0222. The average Bonchev–Trinajstić information content (AvgIpc) is 0.918. The maximum absolute atomic E-state index is 13.1. The Labute approximate surface area is 632 Å². The second-order valence-electron chi connectivity index (χ2n) is 30.2. The molecule has 0 aromatic rings. The normalized spacial score (nSPS) is 13.7. The van der Waals surface area contributed by atoms with E-state index in [1.165, 1.54) is 289 Å². The number of carbonyl (C=O) groups is 4. The molecule has 3 N–H and O–H groups in total. The number of unbranched alkanes of at least 4 members (excludes halogenated alkanes) is 59. The van der Waals surface area contributed by atoms with E-state index in [0.717, 1.165) is 89.9 Å². The minimum Gasteiger partial charge on any atom is -0.462 e. The van der Waals surface area contributed by atoms with Crippen molar-refractivity contribution in [1.82, 2.24) is 0 Å². The van der Waals surface area contributed by atoms with Crippen molar-refractivity contribution in [1.29, 1.82) is 0 Å². The lowest BCUT2D eigenvalue weighted by Gasteiger charge is -2.21. The highest BCUT2D eigenvalue weighted by Crippen LogP contribution is 2.45. The summed E-state index contributed by atoms with van der Waals surface area (Å²) in [6.45, 7) is 5.05. The molecular weight excluding hydrogens is 1340 g/mol. The Kier molecular flexibility index (Phi) is 76.7. The fourth-order valence-electron chi connectivity index (χ4n) is 13.2. The maximum atomic E-state index is 13.1. The SMILES string of the molecule is CCCCCCCCCCCCCCCCCCCCCC(=O)O[C@H](COC(=O)CCCCCCCCCCCCCCCCCCCC)COP(=O)(O)OC[C@@H](O)COP(=O)(O)OC[C@@H](COC(=O)CCCCCCCCCCCCC)OC(=O)CCCCCCCCCCCCCCCCC. The van der Waals surface area contributed by atoms with Gasteiger partial charge < -0.3 is 33.8 Å². The Morgan fingerprint density at radius 2 is 0.388 bits per heavy atom. The van der Waals surface area contributed by atoms with Gasteiger partial charge >= 0.3 is 39.5 Å². The van der Waals surface area contributed by atoms with Crippen LogP contribution in [0, 0.1) is 0 Å². The highest BCUT2D eigenvalue weighted by atomic mass is 31.2. The van der Waals surface area contributed by atoms with E-state index in [-0.39, 0.29) is 25.7 Å². The van der Waals surface area contributed by atoms with Gasteiger partial charge in [-0.1, -0.05) is 407 Å². The Balaban J connectivity index is 5.24. The standard InChI is InChI=1S/C84H164O17P2/c1-5-9-13-17-21-25-29-32-35-37-39-41-44-47-51-55-59-63-67-71-84(89)101-80(75-95-82(87)69-65-61-57-53-49-45-43-40-38-36-33-30-26-22-18-14-10-6-2)77-99-103(92,93)97-73-78(85)72-96-102(90,91)98-76-79(74-94-81(86)68-64-60-56-52-48-28-24-20-16-12-8-4)100-83(88)70-66-62-58-54-50-46-42-34-31-27-23-19-15-11-7-3/h78-80,85H,5-77H2,1-4H3,(H,90,91)(H,92,93)/t78-,79+,80+/m0/s1. The second-order valence-corrected chi connectivity index (χ2v) is 33.1. The van der Waals surface area contributed by atoms with Crippen LogP contribution < -0.4 is 0 Å². The number of phosphoric acid groups is 2. The van der Waals surface area contributed by atoms with Crippen LogP contribution in [0.4, 0.5) is 0 Å². The molecule has 0 radical (unpaired) electrons. The number of rotatable bonds is 85. The predicted octanol–water partition coefficient (Wildman–Crippen LogP) is 25.7. The molecule has 0 aliphatic heterocycles. The van der Waals surface area contributed by atoms with Crippen LogP contribution >= 0.6 is 15.6 Å². The summed E-state index contributed by atoms with van der Waals surface area (Å²) >= 11 is 0. The van der Waals surface area contributed by atoms with E-state index in [1.807, 2.05) is 0 Å². The van der Waals surface area contributed by atoms with Crippen LogP contribution in [0.15, 0.2) is 0 Å². The molecule has 0 aliphatic carbocycles. The molecule has 103 heavy (non-hydrogen) atoms. The van der Waals surface area contributed by atoms with E-state index in [4.69, 9.17) is 37.0 Å². The van der Waals surface area contributed by atoms with Gasteiger partial charge in [-0.25, -0.2) is 9.13 Å². The number of ether oxygens (including phenoxy) is 4. The minimum absolute atomic E-state index is 0.109. The Hall–Kier alpha value is -1.94. The number of carbonyl (C=O) groups excluding carboxylic acids is 4. The number of esters is 4. The van der Waals surface area contributed by atoms with Crippen LogP contribution in [0.3, 0.4) is 0 Å². The van der Waals surface area contributed by atoms with Crippen LogP contribution in [-0.2, 0) is 65.4 Å². The van der Waals surface area contributed by atoms with Crippen molar-refractivity contribution in [3.8, 4) is 0 Å². The number of hydrogen-bond acceptors (Lipinski definition) is 15. The molecule has 19 heteroatoms. The van der Waals surface area contributed by atoms with Crippen LogP contribution in [0.25, 0.3) is 0 Å². The van der Waals surface area contributed by atoms with Gasteiger partial charge in [0.25, 0.3) is 0 Å². The number of phosphoric ester groups is 2. The molecule has 0 saturated carbocycles. The smallest absolute Gasteiger partial charge is 0.462 e. The van der Waals surface area contributed by atoms with Gasteiger partial charge in [-0.3, -0.25) is 37.3 Å². The van der Waals surface area contributed by atoms with Crippen LogP contribution in [0.2, 0.25) is 0 Å². The van der Waals surface area contributed by atoms with Crippen molar-refractivity contribution in [2.75, 3.05) is 39.6 Å². The summed E-state index contributed by atoms with van der Waals surface area (Å²) in [5, 5.41) is 10.7. The molecule has 0 heterocycles. The molecule has 0 aromatic carbocycles. The van der Waals surface area contributed by atoms with Crippen molar-refractivity contribution >= 4 is 39.5 Å². The third-order valence-corrected chi connectivity index (χ3v) is 21.8. The van der Waals surface area contributed by atoms with Crippen molar-refractivity contribution in [3.05, 3.63) is 0 Å². The molecule has 0 fully saturated rings. The van der Waals surface area contributed by atoms with Gasteiger partial charge in [0.15, 0.2) is 12.2 Å². The summed E-state index contributed by atoms with van der Waals surface area (Å²) in [5.74, 6) is -2.10. The second kappa shape index (κ2) is 78.2. The summed E-state index contributed by atoms with van der Waals surface area (Å²) in [6.07, 6.45) is 72.1. The van der Waals surface area contributed by atoms with Gasteiger partial charge in [0.05, 0.1) is 26.4 Å². The molecule has 17 nitrogen and oxygen atoms in total. The average molecular weight is 1510 g/mol. The molecule has 0 bridgehead atoms. The Bertz CT molecular complexity index is 1950. The molecule has 0 rings (SSSR count). The van der Waals surface area contributed by atoms with E-state index in [2.05, 4.69) is 27.7 Å². The van der Waals surface area contributed by atoms with Crippen molar-refractivity contribution < 1.29 is 80.2 Å². The molecule has 2 unspecified atom stereocenters. The van der Waals surface area contributed by atoms with Gasteiger partial charge in [0.1, 0.15) is 19.3 Å². The highest BCUT2D eigenvalue weighted by Gasteiger charge is 2.30. The highest BCUT2D eigenvalue weighted by molar-refractivity contribution is 7.47. The van der Waals surface area contributed by atoms with E-state index in [1.54, 1.807) is 0 Å². The number of hydrogen-bond donors (Lipinski definition) is 3. The predicted molar refractivity (Wildman–Crippen MR) is 423 cm³/mol. The Morgan fingerprint density at radius 3 is 0.573 bits per heavy atom. The Morgan fingerprint density at radius 1 is 0.233 bits per heavy atom. The van der Waals surface area contributed by atoms with E-state index >= 15 is 0 Å². The zero-order valence-electron chi connectivity index (χ0n) is 67.3. The first-order valence-corrected chi connectivity index (χ1v) is 46.8. The molecule has 0 amide bonds. The van der Waals surface area contributed by atoms with Crippen LogP contribution in [0.5, 0.6) is 0 Å². The minimum atomic E-state index is -4.96. The third kappa shape index (κ3) is 78.0. The zero-order valence-corrected chi connectivity index (χ0v) is 69.1. The van der Waals surface area contributed by atoms with E-state index in [0.29, 0.717) is 25.7 Å². The fraction of sp³-hybridized carbons (Fsp3) is 0.952. The fourth-order valence-corrected chi connectivity index (χ4v) is 14.7. The van der Waals surface area contributed by atoms with Crippen molar-refractivity contribution in [2.24, 2.45) is 0 Å². The summed E-state index contributed by atoms with van der Waals surface area (Å²) in [5.41, 5.74) is 0. The zero-order chi connectivity index (χ0) is 75.3. The lowest BCUT2D eigenvalue weighted by molar-refractivity contribution is -0.161. The lowest BCUT2D eigenvalue weighted by atomic mass is 10.0. The molecule has 0 saturated heterocycles. The lowest BCUT2D eigenvalue weighted by Crippen LogP contribution is -2.30. The van der Waals surface area contributed by atoms with Crippen LogP contribution in [0.1, 0.15) is 458 Å². The maximum Gasteiger partial charge on any atom is 0.472 e. The van der Waals surface area contributed by atoms with Gasteiger partial charge in [0.2, 0.25) is 0 Å². The molecule has 0 aliphatic rings. The summed E-state index contributed by atoms with van der Waals surface area (Å²) in [6, 6.07) is 0. The molecule has 5 atom stereocenters. The van der Waals surface area contributed by atoms with Crippen LogP contribution in [-0.4, -0.2) is 96.7 Å². The van der Waals surface area contributed by atoms with Gasteiger partial charge in [-0.05, 0) is 25.7 Å². The summed E-state index contributed by atoms with van der Waals surface area (Å²) in [4.78, 5) is 73.2. The van der Waals surface area contributed by atoms with Gasteiger partial charge in [-0.15, -0.1) is 0 Å². The molecule has 0 spiro atoms. The molecule has 0 aromatic heterocycles. The summed E-state index contributed by atoms with van der Waals surface area (Å²) < 4.78 is 68.8. The van der Waals surface area contributed by atoms with Crippen molar-refractivity contribution in [3.63, 3.8) is 0 Å². The number of aliphatic hydroxyl groups excluding tert-OH is 1. The number of aliphatic hydroxyl groups is 1. The van der Waals surface area contributed by atoms with E-state index < -0.39 is 97.5 Å². The van der Waals surface area contributed by atoms with E-state index in [9.17, 15) is 43.2 Å². The first-order chi connectivity index (χ1) is 50.2. The molecule has 612 valence electrons. The monoisotopic (exact) mass is 1510 g/mol. The summed E-state index contributed by atoms with van der Waals surface area (Å²) in [7, 11) is -9.92. The van der Waals surface area contributed by atoms with Crippen molar-refractivity contribution in [2.45, 2.75) is 476 Å². The molecular formula is C84H164O17P2. The van der Waals surface area contributed by atoms with Gasteiger partial charge in [-0.2, -0.15) is 0 Å². The van der Waals surface area contributed by atoms with Gasteiger partial charge in [0, 0.05) is 25.7 Å². The topological polar surface area (TPSA) is 237 Å². The largest absolute Gasteiger partial charge is 0.472 e. The third-order valence-electron chi connectivity index (χ3n) is 19.9.